The third-order valence-electron chi connectivity index (χ3n) is 7.20. The highest BCUT2D eigenvalue weighted by molar-refractivity contribution is 5.78. The number of aromatic nitrogens is 3. The Morgan fingerprint density at radius 1 is 1.11 bits per heavy atom. The molecule has 0 aliphatic carbocycles. The minimum Gasteiger partial charge on any atom is -0.483 e. The van der Waals surface area contributed by atoms with E-state index in [0.29, 0.717) is 5.95 Å². The zero-order chi connectivity index (χ0) is 25.9. The van der Waals surface area contributed by atoms with Crippen molar-refractivity contribution < 1.29 is 14.6 Å². The van der Waals surface area contributed by atoms with E-state index in [-0.39, 0.29) is 18.6 Å². The van der Waals surface area contributed by atoms with Gasteiger partial charge >= 0.3 is 0 Å². The molecule has 4 heterocycles. The number of ether oxygens (including phenoxy) is 1. The molecule has 2 aliphatic heterocycles. The Kier molecular flexibility index (Phi) is 7.43. The van der Waals surface area contributed by atoms with Gasteiger partial charge in [0, 0.05) is 57.0 Å². The molecule has 1 atom stereocenters. The first-order valence-corrected chi connectivity index (χ1v) is 13.1. The van der Waals surface area contributed by atoms with Crippen molar-refractivity contribution >= 4 is 17.5 Å². The van der Waals surface area contributed by atoms with E-state index in [2.05, 4.69) is 34.5 Å². The summed E-state index contributed by atoms with van der Waals surface area (Å²) >= 11 is 0. The van der Waals surface area contributed by atoms with Gasteiger partial charge in [0.1, 0.15) is 11.6 Å². The lowest BCUT2D eigenvalue weighted by atomic mass is 10.1. The third-order valence-corrected chi connectivity index (χ3v) is 7.20. The van der Waals surface area contributed by atoms with Gasteiger partial charge in [-0.15, -0.1) is 0 Å². The Morgan fingerprint density at radius 3 is 2.57 bits per heavy atom. The summed E-state index contributed by atoms with van der Waals surface area (Å²) in [5.41, 5.74) is 5.19. The molecule has 37 heavy (non-hydrogen) atoms. The molecule has 2 fully saturated rings. The summed E-state index contributed by atoms with van der Waals surface area (Å²) in [6.07, 6.45) is 8.70. The normalized spacial score (nSPS) is 17.9. The van der Waals surface area contributed by atoms with Crippen LogP contribution in [0.1, 0.15) is 41.5 Å². The van der Waals surface area contributed by atoms with Gasteiger partial charge in [-0.3, -0.25) is 9.69 Å². The summed E-state index contributed by atoms with van der Waals surface area (Å²) in [5.74, 6) is 2.07. The predicted octanol–water partition coefficient (Wildman–Crippen LogP) is 3.50. The van der Waals surface area contributed by atoms with Gasteiger partial charge in [0.05, 0.1) is 6.10 Å². The van der Waals surface area contributed by atoms with Gasteiger partial charge in [-0.1, -0.05) is 0 Å². The van der Waals surface area contributed by atoms with Crippen LogP contribution in [0, 0.1) is 20.8 Å². The van der Waals surface area contributed by atoms with Crippen LogP contribution in [-0.2, 0) is 11.3 Å². The maximum atomic E-state index is 12.4. The SMILES string of the molecule is Cc1cn(-c2ccnc(Nc3cc(C)c(OCC(=O)N4CCCC4)c(C)c3)n2)cc1CN1CC[C@@H](O)C1. The molecule has 9 nitrogen and oxygen atoms in total. The number of aryl methyl sites for hydroxylation is 3. The van der Waals surface area contributed by atoms with E-state index >= 15 is 0 Å². The van der Waals surface area contributed by atoms with Gasteiger partial charge in [-0.25, -0.2) is 4.98 Å². The topological polar surface area (TPSA) is 95.8 Å². The van der Waals surface area contributed by atoms with Gasteiger partial charge in [-0.05, 0) is 80.5 Å². The van der Waals surface area contributed by atoms with Gasteiger partial charge in [0.2, 0.25) is 5.95 Å². The number of hydrogen-bond acceptors (Lipinski definition) is 7. The van der Waals surface area contributed by atoms with Crippen LogP contribution in [0.2, 0.25) is 0 Å². The number of rotatable bonds is 8. The van der Waals surface area contributed by atoms with E-state index in [1.807, 2.05) is 41.5 Å². The summed E-state index contributed by atoms with van der Waals surface area (Å²) in [7, 11) is 0. The van der Waals surface area contributed by atoms with E-state index in [0.717, 1.165) is 80.4 Å². The molecule has 5 rings (SSSR count). The summed E-state index contributed by atoms with van der Waals surface area (Å²) in [4.78, 5) is 25.7. The number of carbonyl (C=O) groups excluding carboxylic acids is 1. The van der Waals surface area contributed by atoms with Crippen LogP contribution in [0.4, 0.5) is 11.6 Å². The number of nitrogens with zero attached hydrogens (tertiary/aromatic N) is 5. The van der Waals surface area contributed by atoms with Gasteiger partial charge < -0.3 is 24.6 Å². The number of nitrogens with one attached hydrogen (secondary N) is 1. The molecular weight excluding hydrogens is 468 g/mol. The monoisotopic (exact) mass is 504 g/mol. The largest absolute Gasteiger partial charge is 0.483 e. The van der Waals surface area contributed by atoms with Crippen LogP contribution in [0.25, 0.3) is 5.82 Å². The standard InChI is InChI=1S/C28H36N6O3/c1-19-12-23(13-20(2)27(19)37-18-26(36)33-9-4-5-10-33)30-28-29-8-6-25(31-28)34-14-21(3)22(16-34)15-32-11-7-24(35)17-32/h6,8,12-14,16,24,35H,4-5,7,9-11,15,17-18H2,1-3H3,(H,29,30,31)/t24-/m1/s1. The smallest absolute Gasteiger partial charge is 0.260 e. The van der Waals surface area contributed by atoms with Crippen molar-refractivity contribution in [1.82, 2.24) is 24.3 Å². The molecule has 1 aromatic carbocycles. The van der Waals surface area contributed by atoms with Crippen LogP contribution in [0.3, 0.4) is 0 Å². The molecule has 0 unspecified atom stereocenters. The zero-order valence-corrected chi connectivity index (χ0v) is 21.9. The third kappa shape index (κ3) is 5.94. The molecule has 3 aromatic rings. The van der Waals surface area contributed by atoms with Crippen molar-refractivity contribution in [3.8, 4) is 11.6 Å². The number of carbonyl (C=O) groups is 1. The summed E-state index contributed by atoms with van der Waals surface area (Å²) in [5, 5.41) is 13.1. The number of hydrogen-bond donors (Lipinski definition) is 2. The van der Waals surface area contributed by atoms with E-state index in [9.17, 15) is 9.90 Å². The lowest BCUT2D eigenvalue weighted by Gasteiger charge is -2.18. The van der Waals surface area contributed by atoms with E-state index < -0.39 is 0 Å². The minimum absolute atomic E-state index is 0.0464. The number of amides is 1. The fourth-order valence-electron chi connectivity index (χ4n) is 5.22. The predicted molar refractivity (Wildman–Crippen MR) is 143 cm³/mol. The van der Waals surface area contributed by atoms with Crippen molar-refractivity contribution in [3.63, 3.8) is 0 Å². The lowest BCUT2D eigenvalue weighted by Crippen LogP contribution is -2.32. The van der Waals surface area contributed by atoms with Crippen molar-refractivity contribution in [2.24, 2.45) is 0 Å². The average molecular weight is 505 g/mol. The first kappa shape index (κ1) is 25.2. The molecule has 2 saturated heterocycles. The Bertz CT molecular complexity index is 1240. The Labute approximate surface area is 218 Å². The van der Waals surface area contributed by atoms with Crippen molar-refractivity contribution in [2.75, 3.05) is 38.1 Å². The summed E-state index contributed by atoms with van der Waals surface area (Å²) in [6.45, 7) is 10.3. The molecule has 2 N–H and O–H groups in total. The highest BCUT2D eigenvalue weighted by atomic mass is 16.5. The highest BCUT2D eigenvalue weighted by Crippen LogP contribution is 2.29. The second kappa shape index (κ2) is 10.9. The first-order valence-electron chi connectivity index (χ1n) is 13.1. The molecule has 196 valence electrons. The Hall–Kier alpha value is -3.43. The maximum Gasteiger partial charge on any atom is 0.260 e. The molecule has 2 aliphatic rings. The zero-order valence-electron chi connectivity index (χ0n) is 21.9. The first-order chi connectivity index (χ1) is 17.9. The lowest BCUT2D eigenvalue weighted by molar-refractivity contribution is -0.132. The fourth-order valence-corrected chi connectivity index (χ4v) is 5.22. The Morgan fingerprint density at radius 2 is 1.86 bits per heavy atom. The molecule has 0 spiro atoms. The van der Waals surface area contributed by atoms with Crippen molar-refractivity contribution in [2.45, 2.75) is 52.7 Å². The molecule has 2 aromatic heterocycles. The average Bonchev–Trinajstić information content (AvgIpc) is 3.61. The molecule has 1 amide bonds. The maximum absolute atomic E-state index is 12.4. The molecule has 0 radical (unpaired) electrons. The van der Waals surface area contributed by atoms with Gasteiger partial charge in [0.15, 0.2) is 6.61 Å². The van der Waals surface area contributed by atoms with E-state index in [1.54, 1.807) is 6.20 Å². The molecule has 0 saturated carbocycles. The number of aliphatic hydroxyl groups excluding tert-OH is 1. The van der Waals surface area contributed by atoms with Crippen LogP contribution < -0.4 is 10.1 Å². The minimum atomic E-state index is -0.219. The van der Waals surface area contributed by atoms with Crippen molar-refractivity contribution in [3.05, 3.63) is 59.0 Å². The van der Waals surface area contributed by atoms with Crippen LogP contribution in [0.15, 0.2) is 36.8 Å². The fraction of sp³-hybridized carbons (Fsp3) is 0.464. The second-order valence-corrected chi connectivity index (χ2v) is 10.2. The number of benzene rings is 1. The molecular formula is C28H36N6O3. The highest BCUT2D eigenvalue weighted by Gasteiger charge is 2.21. The number of anilines is 2. The van der Waals surface area contributed by atoms with Gasteiger partial charge in [0.25, 0.3) is 5.91 Å². The number of β-amino-alcohol motifs (C(OH)–C–C–N with tert-alkyl or cyclic N) is 1. The summed E-state index contributed by atoms with van der Waals surface area (Å²) in [6, 6.07) is 5.86. The Balaban J connectivity index is 1.26. The molecule has 0 bridgehead atoms. The van der Waals surface area contributed by atoms with E-state index in [1.165, 1.54) is 11.1 Å². The van der Waals surface area contributed by atoms with Crippen LogP contribution in [0.5, 0.6) is 5.75 Å². The number of likely N-dealkylation sites (tertiary alicyclic amines) is 2. The van der Waals surface area contributed by atoms with E-state index in [4.69, 9.17) is 9.72 Å². The summed E-state index contributed by atoms with van der Waals surface area (Å²) < 4.78 is 7.94. The van der Waals surface area contributed by atoms with Gasteiger partial charge in [-0.2, -0.15) is 4.98 Å². The molecule has 9 heteroatoms. The van der Waals surface area contributed by atoms with Crippen LogP contribution >= 0.6 is 0 Å². The number of aliphatic hydroxyl groups is 1. The van der Waals surface area contributed by atoms with Crippen LogP contribution in [-0.4, -0.2) is 74.2 Å². The van der Waals surface area contributed by atoms with Crippen molar-refractivity contribution in [1.29, 1.82) is 0 Å². The second-order valence-electron chi connectivity index (χ2n) is 10.2. The quantitative estimate of drug-likeness (QED) is 0.485.